The first kappa shape index (κ1) is 15.5. The van der Waals surface area contributed by atoms with E-state index in [1.165, 1.54) is 12.8 Å². The minimum atomic E-state index is -1.02. The van der Waals surface area contributed by atoms with E-state index in [2.05, 4.69) is 10.6 Å². The molecule has 1 aliphatic heterocycles. The molecule has 1 aromatic carbocycles. The Labute approximate surface area is 124 Å². The lowest BCUT2D eigenvalue weighted by Gasteiger charge is -2.23. The molecule has 1 heterocycles. The van der Waals surface area contributed by atoms with Gasteiger partial charge in [-0.2, -0.15) is 0 Å². The van der Waals surface area contributed by atoms with Crippen molar-refractivity contribution in [2.45, 2.75) is 45.1 Å². The molecule has 5 nitrogen and oxygen atoms in total. The van der Waals surface area contributed by atoms with Gasteiger partial charge >= 0.3 is 5.97 Å². The smallest absolute Gasteiger partial charge is 0.338 e. The Morgan fingerprint density at radius 1 is 1.38 bits per heavy atom. The molecule has 0 saturated carbocycles. The first-order valence-electron chi connectivity index (χ1n) is 7.44. The zero-order valence-electron chi connectivity index (χ0n) is 12.3. The molecular weight excluding hydrogens is 268 g/mol. The highest BCUT2D eigenvalue weighted by atomic mass is 16.4. The molecule has 1 unspecified atom stereocenters. The van der Waals surface area contributed by atoms with Crippen LogP contribution >= 0.6 is 0 Å². The van der Waals surface area contributed by atoms with E-state index < -0.39 is 5.97 Å². The van der Waals surface area contributed by atoms with E-state index in [0.717, 1.165) is 19.4 Å². The van der Waals surface area contributed by atoms with Crippen LogP contribution in [-0.2, 0) is 4.79 Å². The minimum Gasteiger partial charge on any atom is -0.478 e. The third-order valence-electron chi connectivity index (χ3n) is 3.89. The van der Waals surface area contributed by atoms with Crippen LogP contribution in [0, 0.1) is 6.92 Å². The standard InChI is InChI=1S/C16H22N2O3/c1-11-5-4-7-13(15(11)16(20)21)18-14(19)9-8-12-6-2-3-10-17-12/h4-5,7,12,17H,2-3,6,8-10H2,1H3,(H,18,19)(H,20,21). The van der Waals surface area contributed by atoms with Gasteiger partial charge in [0, 0.05) is 12.5 Å². The molecule has 1 aliphatic rings. The van der Waals surface area contributed by atoms with Crippen molar-refractivity contribution in [3.05, 3.63) is 29.3 Å². The van der Waals surface area contributed by atoms with Gasteiger partial charge in [-0.15, -0.1) is 0 Å². The maximum Gasteiger partial charge on any atom is 0.338 e. The molecule has 1 saturated heterocycles. The van der Waals surface area contributed by atoms with Crippen LogP contribution in [0.15, 0.2) is 18.2 Å². The lowest BCUT2D eigenvalue weighted by Crippen LogP contribution is -2.34. The summed E-state index contributed by atoms with van der Waals surface area (Å²) in [5.74, 6) is -1.15. The van der Waals surface area contributed by atoms with Gasteiger partial charge in [-0.3, -0.25) is 4.79 Å². The van der Waals surface area contributed by atoms with Crippen LogP contribution in [0.3, 0.4) is 0 Å². The van der Waals surface area contributed by atoms with Gasteiger partial charge in [-0.25, -0.2) is 4.79 Å². The summed E-state index contributed by atoms with van der Waals surface area (Å²) >= 11 is 0. The number of hydrogen-bond acceptors (Lipinski definition) is 3. The van der Waals surface area contributed by atoms with Gasteiger partial charge in [0.05, 0.1) is 11.3 Å². The first-order chi connectivity index (χ1) is 10.1. The number of nitrogens with one attached hydrogen (secondary N) is 2. The number of aromatic carboxylic acids is 1. The highest BCUT2D eigenvalue weighted by Crippen LogP contribution is 2.20. The Kier molecular flexibility index (Phi) is 5.33. The van der Waals surface area contributed by atoms with E-state index in [1.807, 2.05) is 0 Å². The molecule has 114 valence electrons. The number of carboxylic acids is 1. The third-order valence-corrected chi connectivity index (χ3v) is 3.89. The van der Waals surface area contributed by atoms with Crippen LogP contribution in [0.2, 0.25) is 0 Å². The van der Waals surface area contributed by atoms with E-state index in [1.54, 1.807) is 25.1 Å². The van der Waals surface area contributed by atoms with Gasteiger partial charge in [0.2, 0.25) is 5.91 Å². The number of amides is 1. The summed E-state index contributed by atoms with van der Waals surface area (Å²) in [6, 6.07) is 5.51. The summed E-state index contributed by atoms with van der Waals surface area (Å²) in [5, 5.41) is 15.4. The van der Waals surface area contributed by atoms with Crippen LogP contribution < -0.4 is 10.6 Å². The number of carboxylic acid groups (broad SMARTS) is 1. The number of benzene rings is 1. The summed E-state index contributed by atoms with van der Waals surface area (Å²) in [6.07, 6.45) is 4.72. The Hall–Kier alpha value is -1.88. The van der Waals surface area contributed by atoms with Gasteiger partial charge in [0.1, 0.15) is 0 Å². The molecule has 21 heavy (non-hydrogen) atoms. The van der Waals surface area contributed by atoms with Crippen LogP contribution in [0.1, 0.15) is 48.0 Å². The Morgan fingerprint density at radius 3 is 2.86 bits per heavy atom. The van der Waals surface area contributed by atoms with Crippen LogP contribution in [0.25, 0.3) is 0 Å². The summed E-state index contributed by atoms with van der Waals surface area (Å²) in [5.41, 5.74) is 1.19. The lowest BCUT2D eigenvalue weighted by molar-refractivity contribution is -0.116. The van der Waals surface area contributed by atoms with Crippen LogP contribution in [0.5, 0.6) is 0 Å². The second-order valence-corrected chi connectivity index (χ2v) is 5.54. The second kappa shape index (κ2) is 7.22. The number of anilines is 1. The number of aryl methyl sites for hydroxylation is 1. The number of hydrogen-bond donors (Lipinski definition) is 3. The van der Waals surface area contributed by atoms with Crippen molar-refractivity contribution < 1.29 is 14.7 Å². The van der Waals surface area contributed by atoms with Crippen molar-refractivity contribution in [2.75, 3.05) is 11.9 Å². The average molecular weight is 290 g/mol. The molecular formula is C16H22N2O3. The Bertz CT molecular complexity index is 522. The minimum absolute atomic E-state index is 0.129. The quantitative estimate of drug-likeness (QED) is 0.778. The third kappa shape index (κ3) is 4.29. The summed E-state index contributed by atoms with van der Waals surface area (Å²) in [7, 11) is 0. The highest BCUT2D eigenvalue weighted by Gasteiger charge is 2.17. The molecule has 0 aliphatic carbocycles. The van der Waals surface area contributed by atoms with E-state index in [4.69, 9.17) is 0 Å². The molecule has 3 N–H and O–H groups in total. The fourth-order valence-electron chi connectivity index (χ4n) is 2.74. The molecule has 0 bridgehead atoms. The first-order valence-corrected chi connectivity index (χ1v) is 7.44. The van der Waals surface area contributed by atoms with Crippen molar-refractivity contribution in [2.24, 2.45) is 0 Å². The van der Waals surface area contributed by atoms with Crippen molar-refractivity contribution >= 4 is 17.6 Å². The van der Waals surface area contributed by atoms with Gasteiger partial charge < -0.3 is 15.7 Å². The Balaban J connectivity index is 1.93. The monoisotopic (exact) mass is 290 g/mol. The van der Waals surface area contributed by atoms with Crippen molar-refractivity contribution in [3.63, 3.8) is 0 Å². The molecule has 0 spiro atoms. The fraction of sp³-hybridized carbons (Fsp3) is 0.500. The Morgan fingerprint density at radius 2 is 2.19 bits per heavy atom. The van der Waals surface area contributed by atoms with Gasteiger partial charge in [-0.05, 0) is 44.4 Å². The summed E-state index contributed by atoms with van der Waals surface area (Å²) in [6.45, 7) is 2.75. The fourth-order valence-corrected chi connectivity index (χ4v) is 2.74. The van der Waals surface area contributed by atoms with Gasteiger partial charge in [0.25, 0.3) is 0 Å². The maximum absolute atomic E-state index is 12.0. The SMILES string of the molecule is Cc1cccc(NC(=O)CCC2CCCCN2)c1C(=O)O. The maximum atomic E-state index is 12.0. The predicted molar refractivity (Wildman–Crippen MR) is 81.6 cm³/mol. The number of carbonyl (C=O) groups is 2. The van der Waals surface area contributed by atoms with Crippen LogP contribution in [-0.4, -0.2) is 29.6 Å². The van der Waals surface area contributed by atoms with Crippen molar-refractivity contribution in [1.82, 2.24) is 5.32 Å². The lowest BCUT2D eigenvalue weighted by atomic mass is 10.0. The topological polar surface area (TPSA) is 78.4 Å². The molecule has 5 heteroatoms. The number of carbonyl (C=O) groups excluding carboxylic acids is 1. The summed E-state index contributed by atoms with van der Waals surface area (Å²) in [4.78, 5) is 23.3. The number of piperidine rings is 1. The largest absolute Gasteiger partial charge is 0.478 e. The van der Waals surface area contributed by atoms with E-state index in [-0.39, 0.29) is 11.5 Å². The zero-order valence-corrected chi connectivity index (χ0v) is 12.3. The van der Waals surface area contributed by atoms with E-state index >= 15 is 0 Å². The molecule has 1 aromatic rings. The van der Waals surface area contributed by atoms with E-state index in [9.17, 15) is 14.7 Å². The summed E-state index contributed by atoms with van der Waals surface area (Å²) < 4.78 is 0. The van der Waals surface area contributed by atoms with E-state index in [0.29, 0.717) is 23.7 Å². The van der Waals surface area contributed by atoms with Crippen LogP contribution in [0.4, 0.5) is 5.69 Å². The molecule has 0 radical (unpaired) electrons. The zero-order chi connectivity index (χ0) is 15.2. The normalized spacial score (nSPS) is 18.2. The van der Waals surface area contributed by atoms with Crippen molar-refractivity contribution in [3.8, 4) is 0 Å². The molecule has 1 fully saturated rings. The molecule has 0 aromatic heterocycles. The molecule has 1 atom stereocenters. The average Bonchev–Trinajstić information content (AvgIpc) is 2.46. The van der Waals surface area contributed by atoms with Gasteiger partial charge in [-0.1, -0.05) is 18.6 Å². The predicted octanol–water partition coefficient (Wildman–Crippen LogP) is 2.55. The highest BCUT2D eigenvalue weighted by molar-refractivity contribution is 6.01. The second-order valence-electron chi connectivity index (χ2n) is 5.54. The van der Waals surface area contributed by atoms with Gasteiger partial charge in [0.15, 0.2) is 0 Å². The van der Waals surface area contributed by atoms with Crippen molar-refractivity contribution in [1.29, 1.82) is 0 Å². The molecule has 1 amide bonds. The number of rotatable bonds is 5. The molecule has 2 rings (SSSR count).